The minimum absolute atomic E-state index is 0.217. The van der Waals surface area contributed by atoms with E-state index in [1.54, 1.807) is 11.3 Å². The third kappa shape index (κ3) is 3.37. The van der Waals surface area contributed by atoms with Crippen LogP contribution in [-0.4, -0.2) is 10.2 Å². The molecule has 0 unspecified atom stereocenters. The highest BCUT2D eigenvalue weighted by molar-refractivity contribution is 7.09. The molecule has 1 heterocycles. The van der Waals surface area contributed by atoms with Crippen molar-refractivity contribution in [2.75, 3.05) is 0 Å². The summed E-state index contributed by atoms with van der Waals surface area (Å²) in [6, 6.07) is 0. The SMILES string of the molecule is CCCCCCC(C)(C)c1nncs1. The van der Waals surface area contributed by atoms with Gasteiger partial charge in [-0.2, -0.15) is 0 Å². The summed E-state index contributed by atoms with van der Waals surface area (Å²) in [5.41, 5.74) is 2.04. The molecule has 0 spiro atoms. The maximum absolute atomic E-state index is 4.16. The van der Waals surface area contributed by atoms with Gasteiger partial charge in [0.25, 0.3) is 0 Å². The number of hydrogen-bond acceptors (Lipinski definition) is 3. The molecule has 1 rings (SSSR count). The van der Waals surface area contributed by atoms with Crippen LogP contribution in [0.5, 0.6) is 0 Å². The molecule has 2 nitrogen and oxygen atoms in total. The van der Waals surface area contributed by atoms with Gasteiger partial charge in [0.1, 0.15) is 10.5 Å². The molecule has 0 radical (unpaired) electrons. The molecule has 0 aliphatic carbocycles. The van der Waals surface area contributed by atoms with Crippen molar-refractivity contribution in [1.82, 2.24) is 10.2 Å². The predicted octanol–water partition coefficient (Wildman–Crippen LogP) is 3.79. The molecule has 3 heteroatoms. The van der Waals surface area contributed by atoms with Gasteiger partial charge in [-0.05, 0) is 6.42 Å². The van der Waals surface area contributed by atoms with Gasteiger partial charge in [-0.3, -0.25) is 0 Å². The van der Waals surface area contributed by atoms with E-state index in [0.717, 1.165) is 0 Å². The van der Waals surface area contributed by atoms with Crippen LogP contribution >= 0.6 is 11.3 Å². The first-order chi connectivity index (χ1) is 6.67. The lowest BCUT2D eigenvalue weighted by molar-refractivity contribution is 0.441. The third-order valence-corrected chi connectivity index (χ3v) is 3.65. The predicted molar refractivity (Wildman–Crippen MR) is 61.7 cm³/mol. The maximum atomic E-state index is 4.16. The smallest absolute Gasteiger partial charge is 0.122 e. The molecule has 0 amide bonds. The summed E-state index contributed by atoms with van der Waals surface area (Å²) in [7, 11) is 0. The van der Waals surface area contributed by atoms with Gasteiger partial charge in [0.2, 0.25) is 0 Å². The monoisotopic (exact) mass is 212 g/mol. The lowest BCUT2D eigenvalue weighted by Gasteiger charge is -2.20. The Balaban J connectivity index is 2.35. The normalized spacial score (nSPS) is 11.9. The van der Waals surface area contributed by atoms with E-state index in [4.69, 9.17) is 0 Å². The van der Waals surface area contributed by atoms with Gasteiger partial charge in [0.15, 0.2) is 0 Å². The highest BCUT2D eigenvalue weighted by Gasteiger charge is 2.23. The molecule has 0 N–H and O–H groups in total. The second-order valence-electron chi connectivity index (χ2n) is 4.44. The van der Waals surface area contributed by atoms with Crippen molar-refractivity contribution in [3.63, 3.8) is 0 Å². The molecule has 0 aromatic carbocycles. The minimum Gasteiger partial charge on any atom is -0.147 e. The lowest BCUT2D eigenvalue weighted by Crippen LogP contribution is -2.16. The highest BCUT2D eigenvalue weighted by atomic mass is 32.1. The number of unbranched alkanes of at least 4 members (excludes halogenated alkanes) is 3. The Morgan fingerprint density at radius 2 is 2.07 bits per heavy atom. The summed E-state index contributed by atoms with van der Waals surface area (Å²) in [5, 5.41) is 9.23. The van der Waals surface area contributed by atoms with Gasteiger partial charge < -0.3 is 0 Å². The quantitative estimate of drug-likeness (QED) is 0.670. The zero-order valence-electron chi connectivity index (χ0n) is 9.42. The van der Waals surface area contributed by atoms with Crippen molar-refractivity contribution in [3.05, 3.63) is 10.5 Å². The fraction of sp³-hybridized carbons (Fsp3) is 0.818. The van der Waals surface area contributed by atoms with E-state index >= 15 is 0 Å². The molecule has 0 aliphatic heterocycles. The number of aromatic nitrogens is 2. The van der Waals surface area contributed by atoms with Gasteiger partial charge in [-0.25, -0.2) is 0 Å². The van der Waals surface area contributed by atoms with Crippen molar-refractivity contribution in [1.29, 1.82) is 0 Å². The van der Waals surface area contributed by atoms with Crippen molar-refractivity contribution >= 4 is 11.3 Å². The van der Waals surface area contributed by atoms with Gasteiger partial charge in [-0.15, -0.1) is 21.5 Å². The fourth-order valence-corrected chi connectivity index (χ4v) is 2.28. The summed E-state index contributed by atoms with van der Waals surface area (Å²) < 4.78 is 0. The Morgan fingerprint density at radius 1 is 1.29 bits per heavy atom. The van der Waals surface area contributed by atoms with E-state index in [1.165, 1.54) is 37.1 Å². The van der Waals surface area contributed by atoms with Crippen LogP contribution in [0.25, 0.3) is 0 Å². The van der Waals surface area contributed by atoms with Gasteiger partial charge >= 0.3 is 0 Å². The fourth-order valence-electron chi connectivity index (χ4n) is 1.57. The standard InChI is InChI=1S/C11H20N2S/c1-4-5-6-7-8-11(2,3)10-13-12-9-14-10/h9H,4-8H2,1-3H3. The molecule has 0 aliphatic rings. The summed E-state index contributed by atoms with van der Waals surface area (Å²) >= 11 is 1.67. The number of nitrogens with zero attached hydrogens (tertiary/aromatic N) is 2. The van der Waals surface area contributed by atoms with Crippen molar-refractivity contribution < 1.29 is 0 Å². The molecule has 0 atom stereocenters. The first-order valence-corrected chi connectivity index (χ1v) is 6.31. The first-order valence-electron chi connectivity index (χ1n) is 5.43. The van der Waals surface area contributed by atoms with Gasteiger partial charge in [-0.1, -0.05) is 46.5 Å². The van der Waals surface area contributed by atoms with Gasteiger partial charge in [0, 0.05) is 5.41 Å². The zero-order chi connectivity index (χ0) is 10.4. The van der Waals surface area contributed by atoms with Crippen molar-refractivity contribution in [2.24, 2.45) is 0 Å². The average Bonchev–Trinajstić information content (AvgIpc) is 2.65. The van der Waals surface area contributed by atoms with E-state index in [1.807, 2.05) is 5.51 Å². The summed E-state index contributed by atoms with van der Waals surface area (Å²) in [5.74, 6) is 0. The molecule has 1 aromatic rings. The number of hydrogen-bond donors (Lipinski definition) is 0. The van der Waals surface area contributed by atoms with Crippen LogP contribution in [0.15, 0.2) is 5.51 Å². The number of rotatable bonds is 6. The molecular formula is C11H20N2S. The lowest BCUT2D eigenvalue weighted by atomic mass is 9.87. The third-order valence-electron chi connectivity index (χ3n) is 2.59. The van der Waals surface area contributed by atoms with Gasteiger partial charge in [0.05, 0.1) is 0 Å². The molecule has 0 fully saturated rings. The Bertz CT molecular complexity index is 242. The van der Waals surface area contributed by atoms with E-state index in [2.05, 4.69) is 31.0 Å². The molecule has 80 valence electrons. The average molecular weight is 212 g/mol. The van der Waals surface area contributed by atoms with E-state index in [-0.39, 0.29) is 5.41 Å². The summed E-state index contributed by atoms with van der Waals surface area (Å²) in [6.45, 7) is 6.77. The topological polar surface area (TPSA) is 25.8 Å². The maximum Gasteiger partial charge on any atom is 0.122 e. The first kappa shape index (κ1) is 11.6. The molecule has 0 bridgehead atoms. The molecule has 14 heavy (non-hydrogen) atoms. The van der Waals surface area contributed by atoms with E-state index in [0.29, 0.717) is 0 Å². The molecule has 1 aromatic heterocycles. The highest BCUT2D eigenvalue weighted by Crippen LogP contribution is 2.29. The molecule has 0 saturated heterocycles. The van der Waals surface area contributed by atoms with Crippen LogP contribution in [0.1, 0.15) is 57.9 Å². The zero-order valence-corrected chi connectivity index (χ0v) is 10.2. The molecule has 0 saturated carbocycles. The van der Waals surface area contributed by atoms with Crippen LogP contribution < -0.4 is 0 Å². The Hall–Kier alpha value is -0.440. The van der Waals surface area contributed by atoms with Crippen LogP contribution in [0, 0.1) is 0 Å². The molecular weight excluding hydrogens is 192 g/mol. The Morgan fingerprint density at radius 3 is 2.64 bits per heavy atom. The Labute approximate surface area is 90.8 Å². The van der Waals surface area contributed by atoms with E-state index < -0.39 is 0 Å². The summed E-state index contributed by atoms with van der Waals surface area (Å²) in [4.78, 5) is 0. The van der Waals surface area contributed by atoms with Crippen LogP contribution in [0.3, 0.4) is 0 Å². The minimum atomic E-state index is 0.217. The van der Waals surface area contributed by atoms with Crippen molar-refractivity contribution in [2.45, 2.75) is 58.3 Å². The largest absolute Gasteiger partial charge is 0.147 e. The van der Waals surface area contributed by atoms with E-state index in [9.17, 15) is 0 Å². The van der Waals surface area contributed by atoms with Crippen LogP contribution in [0.4, 0.5) is 0 Å². The second-order valence-corrected chi connectivity index (χ2v) is 5.27. The van der Waals surface area contributed by atoms with Crippen molar-refractivity contribution in [3.8, 4) is 0 Å². The second kappa shape index (κ2) is 5.44. The van der Waals surface area contributed by atoms with Crippen LogP contribution in [-0.2, 0) is 5.41 Å². The summed E-state index contributed by atoms with van der Waals surface area (Å²) in [6.07, 6.45) is 6.53. The Kier molecular flexibility index (Phi) is 4.52. The van der Waals surface area contributed by atoms with Crippen LogP contribution in [0.2, 0.25) is 0 Å².